The van der Waals surface area contributed by atoms with Gasteiger partial charge >= 0.3 is 0 Å². The van der Waals surface area contributed by atoms with Gasteiger partial charge in [-0.1, -0.05) is 109 Å². The maximum atomic E-state index is 6.57. The highest BCUT2D eigenvalue weighted by Crippen LogP contribution is 2.43. The summed E-state index contributed by atoms with van der Waals surface area (Å²) < 4.78 is 6.57. The van der Waals surface area contributed by atoms with Crippen LogP contribution in [0.25, 0.3) is 88.4 Å². The van der Waals surface area contributed by atoms with E-state index in [1.807, 2.05) is 72.8 Å². The van der Waals surface area contributed by atoms with Gasteiger partial charge in [-0.15, -0.1) is 0 Å². The van der Waals surface area contributed by atoms with E-state index in [1.54, 1.807) is 0 Å². The molecular weight excluding hydrogens is 550 g/mol. The first kappa shape index (κ1) is 25.6. The predicted octanol–water partition coefficient (Wildman–Crippen LogP) is 10.8. The highest BCUT2D eigenvalue weighted by molar-refractivity contribution is 6.32. The Morgan fingerprint density at radius 3 is 1.62 bits per heavy atom. The van der Waals surface area contributed by atoms with Gasteiger partial charge in [-0.3, -0.25) is 0 Å². The van der Waals surface area contributed by atoms with E-state index >= 15 is 0 Å². The Kier molecular flexibility index (Phi) is 5.59. The average Bonchev–Trinajstić information content (AvgIpc) is 3.48. The molecule has 0 aliphatic heterocycles. The van der Waals surface area contributed by atoms with Crippen LogP contribution in [-0.2, 0) is 0 Å². The highest BCUT2D eigenvalue weighted by atomic mass is 16.3. The van der Waals surface area contributed by atoms with Gasteiger partial charge in [-0.2, -0.15) is 0 Å². The minimum atomic E-state index is 0.648. The number of aryl methyl sites for hydroxylation is 2. The van der Waals surface area contributed by atoms with Crippen LogP contribution >= 0.6 is 0 Å². The molecule has 4 heteroatoms. The van der Waals surface area contributed by atoms with Crippen molar-refractivity contribution in [1.29, 1.82) is 0 Å². The van der Waals surface area contributed by atoms with Crippen LogP contribution in [0.4, 0.5) is 0 Å². The summed E-state index contributed by atoms with van der Waals surface area (Å²) in [4.78, 5) is 14.9. The summed E-state index contributed by atoms with van der Waals surface area (Å²) in [5, 5.41) is 9.32. The molecule has 0 spiro atoms. The number of rotatable bonds is 3. The Balaban J connectivity index is 1.35. The summed E-state index contributed by atoms with van der Waals surface area (Å²) in [5.74, 6) is 1.96. The summed E-state index contributed by atoms with van der Waals surface area (Å²) in [6.07, 6.45) is 0. The van der Waals surface area contributed by atoms with E-state index in [-0.39, 0.29) is 0 Å². The van der Waals surface area contributed by atoms with Gasteiger partial charge < -0.3 is 4.42 Å². The van der Waals surface area contributed by atoms with Crippen molar-refractivity contribution in [1.82, 2.24) is 15.0 Å². The van der Waals surface area contributed by atoms with Crippen LogP contribution in [0.15, 0.2) is 132 Å². The van der Waals surface area contributed by atoms with Crippen molar-refractivity contribution >= 4 is 54.3 Å². The van der Waals surface area contributed by atoms with Crippen molar-refractivity contribution in [3.05, 3.63) is 139 Å². The first-order chi connectivity index (χ1) is 22.1. The molecule has 0 aliphatic rings. The quantitative estimate of drug-likeness (QED) is 0.196. The summed E-state index contributed by atoms with van der Waals surface area (Å²) in [6.45, 7) is 4.36. The lowest BCUT2D eigenvalue weighted by atomic mass is 9.90. The molecule has 7 aromatic carbocycles. The van der Waals surface area contributed by atoms with Crippen LogP contribution < -0.4 is 0 Å². The van der Waals surface area contributed by atoms with E-state index in [9.17, 15) is 0 Å². The van der Waals surface area contributed by atoms with Crippen LogP contribution in [0, 0.1) is 13.8 Å². The Bertz CT molecular complexity index is 2550. The second-order valence-electron chi connectivity index (χ2n) is 11.7. The number of nitrogens with zero attached hydrogens (tertiary/aromatic N) is 3. The smallest absolute Gasteiger partial charge is 0.164 e. The maximum absolute atomic E-state index is 6.57. The minimum absolute atomic E-state index is 0.648. The van der Waals surface area contributed by atoms with E-state index in [1.165, 1.54) is 32.7 Å². The van der Waals surface area contributed by atoms with Crippen LogP contribution in [0.5, 0.6) is 0 Å². The second kappa shape index (κ2) is 9.83. The van der Waals surface area contributed by atoms with Gasteiger partial charge in [0, 0.05) is 32.8 Å². The molecule has 0 N–H and O–H groups in total. The monoisotopic (exact) mass is 577 g/mol. The molecule has 212 valence electrons. The number of hydrogen-bond donors (Lipinski definition) is 0. The molecule has 0 fully saturated rings. The molecule has 9 aromatic rings. The SMILES string of the molecule is Cc1cc2c3cc(-c4nc(-c5ccccc5)nc(-c5ccccc5)n4)ccc3c3ccc4c5ccccc5oc4c3c2cc1C. The van der Waals surface area contributed by atoms with E-state index < -0.39 is 0 Å². The van der Waals surface area contributed by atoms with Crippen LogP contribution in [0.3, 0.4) is 0 Å². The van der Waals surface area contributed by atoms with Crippen molar-refractivity contribution in [3.63, 3.8) is 0 Å². The fourth-order valence-electron chi connectivity index (χ4n) is 6.61. The lowest BCUT2D eigenvalue weighted by molar-refractivity contribution is 0.673. The summed E-state index contributed by atoms with van der Waals surface area (Å²) >= 11 is 0. The first-order valence-electron chi connectivity index (χ1n) is 15.2. The van der Waals surface area contributed by atoms with E-state index in [2.05, 4.69) is 68.4 Å². The zero-order valence-electron chi connectivity index (χ0n) is 24.9. The van der Waals surface area contributed by atoms with Gasteiger partial charge in [0.25, 0.3) is 0 Å². The zero-order chi connectivity index (χ0) is 30.1. The number of aromatic nitrogens is 3. The third kappa shape index (κ3) is 4.03. The van der Waals surface area contributed by atoms with Crippen LogP contribution in [0.1, 0.15) is 11.1 Å². The third-order valence-electron chi connectivity index (χ3n) is 9.01. The van der Waals surface area contributed by atoms with Gasteiger partial charge in [0.1, 0.15) is 11.2 Å². The first-order valence-corrected chi connectivity index (χ1v) is 15.2. The third-order valence-corrected chi connectivity index (χ3v) is 9.01. The second-order valence-corrected chi connectivity index (χ2v) is 11.7. The van der Waals surface area contributed by atoms with Gasteiger partial charge in [-0.05, 0) is 70.1 Å². The lowest BCUT2D eigenvalue weighted by Crippen LogP contribution is -2.00. The van der Waals surface area contributed by atoms with Crippen molar-refractivity contribution in [2.75, 3.05) is 0 Å². The molecule has 0 radical (unpaired) electrons. The molecule has 0 unspecified atom stereocenters. The fraction of sp³-hybridized carbons (Fsp3) is 0.0488. The largest absolute Gasteiger partial charge is 0.455 e. The molecule has 0 aliphatic carbocycles. The van der Waals surface area contributed by atoms with Crippen molar-refractivity contribution in [2.24, 2.45) is 0 Å². The molecule has 2 aromatic heterocycles. The molecule has 9 rings (SSSR count). The molecule has 0 saturated carbocycles. The Morgan fingerprint density at radius 1 is 0.400 bits per heavy atom. The van der Waals surface area contributed by atoms with Crippen molar-refractivity contribution < 1.29 is 4.42 Å². The Morgan fingerprint density at radius 2 is 0.933 bits per heavy atom. The van der Waals surface area contributed by atoms with Crippen LogP contribution in [-0.4, -0.2) is 15.0 Å². The standard InChI is InChI=1S/C41H27N3O/c1-24-21-33-34-23-28(41-43-39(26-11-5-3-6-12-26)42-40(44-41)27-13-7-4-8-14-27)17-18-29(34)31-19-20-32-30-15-9-10-16-36(30)45-38(32)37(31)35(33)22-25(24)2/h3-23H,1-2H3. The topological polar surface area (TPSA) is 51.8 Å². The number of fused-ring (bicyclic) bond motifs is 10. The molecule has 4 nitrogen and oxygen atoms in total. The number of benzene rings is 7. The molecule has 2 heterocycles. The normalized spacial score (nSPS) is 11.8. The molecule has 0 amide bonds. The van der Waals surface area contributed by atoms with Gasteiger partial charge in [0.2, 0.25) is 0 Å². The number of furan rings is 1. The molecular formula is C41H27N3O. The van der Waals surface area contributed by atoms with Gasteiger partial charge in [0.05, 0.1) is 0 Å². The number of hydrogen-bond acceptors (Lipinski definition) is 4. The highest BCUT2D eigenvalue weighted by Gasteiger charge is 2.18. The maximum Gasteiger partial charge on any atom is 0.164 e. The average molecular weight is 578 g/mol. The predicted molar refractivity (Wildman–Crippen MR) is 185 cm³/mol. The summed E-state index contributed by atoms with van der Waals surface area (Å²) in [5.41, 5.74) is 7.21. The minimum Gasteiger partial charge on any atom is -0.455 e. The lowest BCUT2D eigenvalue weighted by Gasteiger charge is -2.14. The van der Waals surface area contributed by atoms with Gasteiger partial charge in [0.15, 0.2) is 17.5 Å². The fourth-order valence-corrected chi connectivity index (χ4v) is 6.61. The molecule has 45 heavy (non-hydrogen) atoms. The van der Waals surface area contributed by atoms with Crippen molar-refractivity contribution in [2.45, 2.75) is 13.8 Å². The van der Waals surface area contributed by atoms with Crippen molar-refractivity contribution in [3.8, 4) is 34.2 Å². The Labute approximate surface area is 259 Å². The zero-order valence-corrected chi connectivity index (χ0v) is 24.9. The van der Waals surface area contributed by atoms with E-state index in [4.69, 9.17) is 19.4 Å². The molecule has 0 bridgehead atoms. The molecule has 0 saturated heterocycles. The van der Waals surface area contributed by atoms with Gasteiger partial charge in [-0.25, -0.2) is 15.0 Å². The number of para-hydroxylation sites is 1. The summed E-state index contributed by atoms with van der Waals surface area (Å²) in [7, 11) is 0. The van der Waals surface area contributed by atoms with E-state index in [0.29, 0.717) is 17.5 Å². The molecule has 0 atom stereocenters. The van der Waals surface area contributed by atoms with Crippen LogP contribution in [0.2, 0.25) is 0 Å². The Hall–Kier alpha value is -5.87. The van der Waals surface area contributed by atoms with E-state index in [0.717, 1.165) is 49.4 Å². The summed E-state index contributed by atoms with van der Waals surface area (Å²) in [6, 6.07) is 44.2.